The third kappa shape index (κ3) is 3.29. The molecule has 0 aliphatic carbocycles. The summed E-state index contributed by atoms with van der Waals surface area (Å²) < 4.78 is 5.94. The van der Waals surface area contributed by atoms with Crippen molar-refractivity contribution in [3.05, 3.63) is 70.9 Å². The molecule has 1 unspecified atom stereocenters. The van der Waals surface area contributed by atoms with Crippen LogP contribution in [0.4, 0.5) is 0 Å². The molecule has 1 atom stereocenters. The lowest BCUT2D eigenvalue weighted by molar-refractivity contribution is 0.433. The SMILES string of the molecule is CNC(CCc1ccccc1)c1cc2cc(Cl)ccc2o1. The first-order chi connectivity index (χ1) is 10.3. The lowest BCUT2D eigenvalue weighted by Crippen LogP contribution is -2.16. The summed E-state index contributed by atoms with van der Waals surface area (Å²) in [5, 5.41) is 5.13. The van der Waals surface area contributed by atoms with Crippen molar-refractivity contribution in [2.45, 2.75) is 18.9 Å². The minimum atomic E-state index is 0.205. The lowest BCUT2D eigenvalue weighted by Gasteiger charge is -2.13. The van der Waals surface area contributed by atoms with Crippen LogP contribution in [0.5, 0.6) is 0 Å². The van der Waals surface area contributed by atoms with E-state index >= 15 is 0 Å². The number of hydrogen-bond donors (Lipinski definition) is 1. The molecule has 0 radical (unpaired) electrons. The fourth-order valence-corrected chi connectivity index (χ4v) is 2.77. The zero-order valence-corrected chi connectivity index (χ0v) is 12.7. The van der Waals surface area contributed by atoms with Crippen molar-refractivity contribution in [2.24, 2.45) is 0 Å². The Morgan fingerprint density at radius 3 is 2.67 bits per heavy atom. The smallest absolute Gasteiger partial charge is 0.134 e. The van der Waals surface area contributed by atoms with Gasteiger partial charge in [-0.25, -0.2) is 0 Å². The highest BCUT2D eigenvalue weighted by atomic mass is 35.5. The van der Waals surface area contributed by atoms with Crippen LogP contribution in [0.1, 0.15) is 23.8 Å². The fourth-order valence-electron chi connectivity index (χ4n) is 2.59. The topological polar surface area (TPSA) is 25.2 Å². The molecule has 0 fully saturated rings. The number of rotatable bonds is 5. The summed E-state index contributed by atoms with van der Waals surface area (Å²) in [5.41, 5.74) is 2.23. The molecule has 108 valence electrons. The van der Waals surface area contributed by atoms with Gasteiger partial charge in [-0.3, -0.25) is 0 Å². The zero-order valence-electron chi connectivity index (χ0n) is 12.0. The van der Waals surface area contributed by atoms with E-state index in [1.165, 1.54) is 5.56 Å². The van der Waals surface area contributed by atoms with Crippen molar-refractivity contribution in [2.75, 3.05) is 7.05 Å². The molecule has 0 saturated heterocycles. The van der Waals surface area contributed by atoms with Crippen molar-refractivity contribution >= 4 is 22.6 Å². The van der Waals surface area contributed by atoms with Gasteiger partial charge < -0.3 is 9.73 Å². The largest absolute Gasteiger partial charge is 0.459 e. The summed E-state index contributed by atoms with van der Waals surface area (Å²) in [5.74, 6) is 0.964. The van der Waals surface area contributed by atoms with Gasteiger partial charge in [0.2, 0.25) is 0 Å². The molecule has 3 aromatic rings. The average Bonchev–Trinajstić information content (AvgIpc) is 2.92. The van der Waals surface area contributed by atoms with Gasteiger partial charge in [-0.2, -0.15) is 0 Å². The number of furan rings is 1. The van der Waals surface area contributed by atoms with Gasteiger partial charge in [0.1, 0.15) is 11.3 Å². The highest BCUT2D eigenvalue weighted by molar-refractivity contribution is 6.31. The standard InChI is InChI=1S/C18H18ClNO/c1-20-16(9-7-13-5-3-2-4-6-13)18-12-14-11-15(19)8-10-17(14)21-18/h2-6,8,10-12,16,20H,7,9H2,1H3. The van der Waals surface area contributed by atoms with Gasteiger partial charge in [0, 0.05) is 10.4 Å². The van der Waals surface area contributed by atoms with Crippen LogP contribution in [0.25, 0.3) is 11.0 Å². The Balaban J connectivity index is 1.78. The van der Waals surface area contributed by atoms with E-state index in [1.54, 1.807) is 0 Å². The molecule has 1 heterocycles. The summed E-state index contributed by atoms with van der Waals surface area (Å²) in [6, 6.07) is 18.5. The molecular weight excluding hydrogens is 282 g/mol. The van der Waals surface area contributed by atoms with Crippen molar-refractivity contribution in [3.63, 3.8) is 0 Å². The molecule has 0 aliphatic rings. The third-order valence-corrected chi connectivity index (χ3v) is 3.99. The second-order valence-electron chi connectivity index (χ2n) is 5.20. The molecule has 0 spiro atoms. The predicted octanol–water partition coefficient (Wildman–Crippen LogP) is 4.98. The van der Waals surface area contributed by atoms with Crippen LogP contribution in [0.15, 0.2) is 59.0 Å². The maximum Gasteiger partial charge on any atom is 0.134 e. The van der Waals surface area contributed by atoms with Gasteiger partial charge in [0.05, 0.1) is 6.04 Å². The maximum atomic E-state index is 6.03. The summed E-state index contributed by atoms with van der Waals surface area (Å²) in [6.45, 7) is 0. The quantitative estimate of drug-likeness (QED) is 0.719. The first-order valence-electron chi connectivity index (χ1n) is 7.16. The van der Waals surface area contributed by atoms with Crippen LogP contribution < -0.4 is 5.32 Å². The van der Waals surface area contributed by atoms with Crippen LogP contribution in [0.2, 0.25) is 5.02 Å². The molecule has 3 heteroatoms. The number of aryl methyl sites for hydroxylation is 1. The molecule has 2 nitrogen and oxygen atoms in total. The van der Waals surface area contributed by atoms with E-state index in [4.69, 9.17) is 16.0 Å². The second kappa shape index (κ2) is 6.33. The molecule has 0 bridgehead atoms. The first kappa shape index (κ1) is 14.2. The van der Waals surface area contributed by atoms with E-state index in [1.807, 2.05) is 31.3 Å². The second-order valence-corrected chi connectivity index (χ2v) is 5.63. The summed E-state index contributed by atoms with van der Waals surface area (Å²) >= 11 is 6.03. The van der Waals surface area contributed by atoms with E-state index in [0.29, 0.717) is 0 Å². The van der Waals surface area contributed by atoms with Gasteiger partial charge in [-0.05, 0) is 49.7 Å². The van der Waals surface area contributed by atoms with Crippen LogP contribution in [0.3, 0.4) is 0 Å². The number of fused-ring (bicyclic) bond motifs is 1. The molecule has 0 aliphatic heterocycles. The maximum absolute atomic E-state index is 6.03. The summed E-state index contributed by atoms with van der Waals surface area (Å²) in [6.07, 6.45) is 2.01. The third-order valence-electron chi connectivity index (χ3n) is 3.75. The summed E-state index contributed by atoms with van der Waals surface area (Å²) in [4.78, 5) is 0. The Morgan fingerprint density at radius 1 is 1.10 bits per heavy atom. The minimum Gasteiger partial charge on any atom is -0.459 e. The van der Waals surface area contributed by atoms with Gasteiger partial charge in [0.25, 0.3) is 0 Å². The van der Waals surface area contributed by atoms with E-state index in [9.17, 15) is 0 Å². The van der Waals surface area contributed by atoms with E-state index in [2.05, 4.69) is 35.6 Å². The highest BCUT2D eigenvalue weighted by Crippen LogP contribution is 2.28. The monoisotopic (exact) mass is 299 g/mol. The molecule has 3 rings (SSSR count). The fraction of sp³-hybridized carbons (Fsp3) is 0.222. The van der Waals surface area contributed by atoms with Crippen molar-refractivity contribution in [3.8, 4) is 0 Å². The van der Waals surface area contributed by atoms with Gasteiger partial charge in [-0.15, -0.1) is 0 Å². The van der Waals surface area contributed by atoms with Crippen LogP contribution >= 0.6 is 11.6 Å². The van der Waals surface area contributed by atoms with Crippen LogP contribution in [-0.2, 0) is 6.42 Å². The van der Waals surface area contributed by atoms with E-state index in [0.717, 1.165) is 34.6 Å². The molecule has 0 saturated carbocycles. The van der Waals surface area contributed by atoms with E-state index < -0.39 is 0 Å². The van der Waals surface area contributed by atoms with Crippen molar-refractivity contribution < 1.29 is 4.42 Å². The van der Waals surface area contributed by atoms with E-state index in [-0.39, 0.29) is 6.04 Å². The Morgan fingerprint density at radius 2 is 1.90 bits per heavy atom. The first-order valence-corrected chi connectivity index (χ1v) is 7.54. The molecule has 1 N–H and O–H groups in total. The molecular formula is C18H18ClNO. The van der Waals surface area contributed by atoms with Crippen molar-refractivity contribution in [1.82, 2.24) is 5.32 Å². The van der Waals surface area contributed by atoms with Crippen molar-refractivity contribution in [1.29, 1.82) is 0 Å². The zero-order chi connectivity index (χ0) is 14.7. The number of halogens is 1. The number of benzene rings is 2. The van der Waals surface area contributed by atoms with Gasteiger partial charge in [-0.1, -0.05) is 41.9 Å². The summed E-state index contributed by atoms with van der Waals surface area (Å²) in [7, 11) is 1.97. The normalized spacial score (nSPS) is 12.7. The van der Waals surface area contributed by atoms with Gasteiger partial charge in [0.15, 0.2) is 0 Å². The Bertz CT molecular complexity index is 720. The molecule has 1 aromatic heterocycles. The van der Waals surface area contributed by atoms with Crippen LogP contribution in [-0.4, -0.2) is 7.05 Å². The lowest BCUT2D eigenvalue weighted by atomic mass is 10.0. The highest BCUT2D eigenvalue weighted by Gasteiger charge is 2.14. The van der Waals surface area contributed by atoms with Gasteiger partial charge >= 0.3 is 0 Å². The number of nitrogens with one attached hydrogen (secondary N) is 1. The predicted molar refractivity (Wildman–Crippen MR) is 87.8 cm³/mol. The Labute approximate surface area is 129 Å². The molecule has 0 amide bonds. The average molecular weight is 300 g/mol. The minimum absolute atomic E-state index is 0.205. The molecule has 2 aromatic carbocycles. The Hall–Kier alpha value is -1.77. The number of hydrogen-bond acceptors (Lipinski definition) is 2. The van der Waals surface area contributed by atoms with Crippen LogP contribution in [0, 0.1) is 0 Å². The molecule has 21 heavy (non-hydrogen) atoms. The Kier molecular flexibility index (Phi) is 4.28.